The van der Waals surface area contributed by atoms with Crippen LogP contribution in [0.5, 0.6) is 0 Å². The summed E-state index contributed by atoms with van der Waals surface area (Å²) in [7, 11) is 0. The Kier molecular flexibility index (Phi) is 28.7. The van der Waals surface area contributed by atoms with Crippen LogP contribution < -0.4 is 20.8 Å². The summed E-state index contributed by atoms with van der Waals surface area (Å²) in [5.74, 6) is 0. The van der Waals surface area contributed by atoms with E-state index in [1.54, 1.807) is 0 Å². The summed E-state index contributed by atoms with van der Waals surface area (Å²) in [6, 6.07) is 0. The zero-order valence-corrected chi connectivity index (χ0v) is 17.1. The van der Waals surface area contributed by atoms with Crippen molar-refractivity contribution in [3.63, 3.8) is 0 Å². The first-order valence-electron chi connectivity index (χ1n) is 2.00. The predicted molar refractivity (Wildman–Crippen MR) is 21.4 cm³/mol. The SMILES string of the molecule is O=[Te](=O)([O-])[O-].O=[Te](=O)([O-])[O-].O=[Te](=O)([O-])[O-].[Yb+3].[Yb+3]. The minimum Gasteiger partial charge on any atom is 3.00 e. The molecule has 0 rings (SSSR count). The van der Waals surface area contributed by atoms with Gasteiger partial charge in [0.2, 0.25) is 0 Å². The Morgan fingerprint density at radius 2 is 0.412 bits per heavy atom. The smallest absolute Gasteiger partial charge is 3.00 e. The maximum Gasteiger partial charge on any atom is 3.00 e. The van der Waals surface area contributed by atoms with Crippen molar-refractivity contribution in [3.8, 4) is 0 Å². The van der Waals surface area contributed by atoms with Crippen LogP contribution in [0.25, 0.3) is 0 Å². The molecule has 0 spiro atoms. The molecule has 0 aliphatic rings. The van der Waals surface area contributed by atoms with Crippen LogP contribution in [-0.4, -0.2) is 56.9 Å². The van der Waals surface area contributed by atoms with Gasteiger partial charge in [-0.2, -0.15) is 0 Å². The minimum absolute atomic E-state index is 0. The van der Waals surface area contributed by atoms with Crippen LogP contribution in [-0.2, 0) is 18.6 Å². The Morgan fingerprint density at radius 3 is 0.412 bits per heavy atom. The first-order valence-corrected chi connectivity index (χ1v) is 13.4. The molecule has 0 aromatic rings. The van der Waals surface area contributed by atoms with E-state index in [1.807, 2.05) is 0 Å². The fourth-order valence-electron chi connectivity index (χ4n) is 0. The Bertz CT molecular complexity index is 341. The molecule has 0 bridgehead atoms. The summed E-state index contributed by atoms with van der Waals surface area (Å²) in [4.78, 5) is 0. The van der Waals surface area contributed by atoms with Crippen molar-refractivity contribution in [2.24, 2.45) is 0 Å². The van der Waals surface area contributed by atoms with Gasteiger partial charge in [-0.25, -0.2) is 0 Å². The van der Waals surface area contributed by atoms with Gasteiger partial charge < -0.3 is 0 Å². The Hall–Kier alpha value is 3.97. The van der Waals surface area contributed by atoms with E-state index in [1.165, 1.54) is 0 Å². The summed E-state index contributed by atoms with van der Waals surface area (Å²) in [6.07, 6.45) is 0. The van der Waals surface area contributed by atoms with Crippen LogP contribution in [0, 0.1) is 93.8 Å². The maximum atomic E-state index is 8.63. The molecule has 0 aliphatic carbocycles. The minimum atomic E-state index is -6.02. The van der Waals surface area contributed by atoms with Crippen molar-refractivity contribution in [2.45, 2.75) is 0 Å². The van der Waals surface area contributed by atoms with E-state index in [2.05, 4.69) is 0 Å². The molecule has 17 heavy (non-hydrogen) atoms. The van der Waals surface area contributed by atoms with Crippen molar-refractivity contribution >= 4 is 56.9 Å². The first kappa shape index (κ1) is 32.8. The molecular weight excluding hydrogens is 921 g/mol. The molecule has 0 aromatic carbocycles. The zero-order chi connectivity index (χ0) is 13.5. The Morgan fingerprint density at radius 1 is 0.412 bits per heavy atom. The molecule has 0 saturated carbocycles. The second-order valence-electron chi connectivity index (χ2n) is 1.22. The van der Waals surface area contributed by atoms with Gasteiger partial charge in [-0.05, 0) is 0 Å². The fraction of sp³-hybridized carbons (Fsp3) is 0. The van der Waals surface area contributed by atoms with E-state index in [0.29, 0.717) is 0 Å². The summed E-state index contributed by atoms with van der Waals surface area (Å²) < 4.78 is 104. The first-order chi connectivity index (χ1) is 6.00. The third kappa shape index (κ3) is 409. The maximum absolute atomic E-state index is 8.63. The molecule has 0 unspecified atom stereocenters. The normalized spacial score (nSPS) is 10.2. The molecule has 0 amide bonds. The van der Waals surface area contributed by atoms with Gasteiger partial charge in [-0.3, -0.25) is 0 Å². The van der Waals surface area contributed by atoms with Crippen LogP contribution >= 0.6 is 0 Å². The number of hydrogen-bond donors (Lipinski definition) is 0. The molecule has 0 aliphatic heterocycles. The van der Waals surface area contributed by atoms with E-state index < -0.39 is 56.9 Å². The van der Waals surface area contributed by atoms with Gasteiger partial charge in [0.05, 0.1) is 0 Å². The standard InChI is InChI=1S/3H2O4Te.2Yb/c3*1-5(2,3)4;;/h3*(H2,1,2,3,4);;/q;;;2*+3/p-6. The molecule has 0 heterocycles. The van der Waals surface area contributed by atoms with Crippen molar-refractivity contribution in [2.75, 3.05) is 0 Å². The third-order valence-electron chi connectivity index (χ3n) is 0. The van der Waals surface area contributed by atoms with Crippen LogP contribution in [0.1, 0.15) is 0 Å². The fourth-order valence-corrected chi connectivity index (χ4v) is 0. The quantitative estimate of drug-likeness (QED) is 0.206. The van der Waals surface area contributed by atoms with E-state index in [9.17, 15) is 0 Å². The molecule has 0 fully saturated rings. The molecule has 0 aromatic heterocycles. The summed E-state index contributed by atoms with van der Waals surface area (Å²) >= 11 is -18.1. The average molecular weight is 921 g/mol. The largest absolute Gasteiger partial charge is 3.00 e. The van der Waals surface area contributed by atoms with Crippen LogP contribution in [0.2, 0.25) is 0 Å². The van der Waals surface area contributed by atoms with Gasteiger partial charge in [-0.15, -0.1) is 0 Å². The van der Waals surface area contributed by atoms with Gasteiger partial charge in [-0.1, -0.05) is 0 Å². The van der Waals surface area contributed by atoms with E-state index >= 15 is 0 Å². The zero-order valence-electron chi connectivity index (χ0n) is 6.66. The van der Waals surface area contributed by atoms with Crippen LogP contribution in [0.4, 0.5) is 0 Å². The molecule has 0 N–H and O–H groups in total. The molecular formula is O12Te3Yb2. The van der Waals surface area contributed by atoms with Crippen LogP contribution in [0.3, 0.4) is 0 Å². The van der Waals surface area contributed by atoms with Gasteiger partial charge in [0.25, 0.3) is 0 Å². The van der Waals surface area contributed by atoms with Gasteiger partial charge in [0, 0.05) is 0 Å². The molecule has 118 valence electrons. The summed E-state index contributed by atoms with van der Waals surface area (Å²) in [5.41, 5.74) is 0. The predicted octanol–water partition coefficient (Wildman–Crippen LogP) is -8.99. The number of rotatable bonds is 0. The molecule has 0 atom stereocenters. The number of hydrogen-bond acceptors (Lipinski definition) is 12. The summed E-state index contributed by atoms with van der Waals surface area (Å²) in [6.45, 7) is 0. The summed E-state index contributed by atoms with van der Waals surface area (Å²) in [5, 5.41) is 0. The molecule has 17 heteroatoms. The topological polar surface area (TPSA) is 241 Å². The Labute approximate surface area is 185 Å². The van der Waals surface area contributed by atoms with Crippen molar-refractivity contribution in [1.29, 1.82) is 0 Å². The molecule has 2 radical (unpaired) electrons. The van der Waals surface area contributed by atoms with Crippen molar-refractivity contribution < 1.29 is 133 Å². The monoisotopic (exact) mass is 930 g/mol. The van der Waals surface area contributed by atoms with E-state index in [0.717, 1.165) is 0 Å². The van der Waals surface area contributed by atoms with E-state index in [4.69, 9.17) is 39.5 Å². The second-order valence-corrected chi connectivity index (χ2v) is 8.22. The molecule has 0 saturated heterocycles. The van der Waals surface area contributed by atoms with E-state index in [-0.39, 0.29) is 93.8 Å². The van der Waals surface area contributed by atoms with Gasteiger partial charge >= 0.3 is 190 Å². The third-order valence-corrected chi connectivity index (χ3v) is 0. The van der Waals surface area contributed by atoms with Crippen molar-refractivity contribution in [1.82, 2.24) is 0 Å². The second kappa shape index (κ2) is 14.9. The molecule has 12 nitrogen and oxygen atoms in total. The van der Waals surface area contributed by atoms with Gasteiger partial charge in [0.1, 0.15) is 0 Å². The average Bonchev–Trinajstić information content (AvgIpc) is 1.41. The Balaban J connectivity index is -0.0000000400. The van der Waals surface area contributed by atoms with Crippen molar-refractivity contribution in [3.05, 3.63) is 0 Å². The van der Waals surface area contributed by atoms with Gasteiger partial charge in [0.15, 0.2) is 0 Å². The van der Waals surface area contributed by atoms with Crippen LogP contribution in [0.15, 0.2) is 0 Å².